The Morgan fingerprint density at radius 2 is 1.97 bits per heavy atom. The molecule has 0 amide bonds. The van der Waals surface area contributed by atoms with E-state index in [1.807, 2.05) is 6.07 Å². The number of carbonyl (C=O) groups excluding carboxylic acids is 1. The molecule has 10 heteroatoms. The van der Waals surface area contributed by atoms with E-state index in [9.17, 15) is 22.0 Å². The van der Waals surface area contributed by atoms with E-state index >= 15 is 0 Å². The lowest BCUT2D eigenvalue weighted by atomic mass is 9.94. The van der Waals surface area contributed by atoms with Crippen LogP contribution in [0.3, 0.4) is 0 Å². The van der Waals surface area contributed by atoms with E-state index in [0.717, 1.165) is 49.1 Å². The molecule has 1 saturated heterocycles. The number of nitrogens with zero attached hydrogens (tertiary/aromatic N) is 2. The Morgan fingerprint density at radius 3 is 2.68 bits per heavy atom. The zero-order valence-electron chi connectivity index (χ0n) is 19.2. The number of hydrogen-bond acceptors (Lipinski definition) is 5. The van der Waals surface area contributed by atoms with Gasteiger partial charge in [0.05, 0.1) is 17.0 Å². The third kappa shape index (κ3) is 5.28. The second kappa shape index (κ2) is 9.79. The molecule has 0 radical (unpaired) electrons. The Hall–Kier alpha value is -2.85. The topological polar surface area (TPSA) is 95.2 Å². The first kappa shape index (κ1) is 24.3. The summed E-state index contributed by atoms with van der Waals surface area (Å²) in [6, 6.07) is 5.68. The molecule has 3 heterocycles. The van der Waals surface area contributed by atoms with Crippen molar-refractivity contribution in [2.75, 3.05) is 30.6 Å². The number of benzene rings is 1. The Bertz CT molecular complexity index is 1320. The molecule has 0 saturated carbocycles. The molecule has 0 spiro atoms. The number of ketones is 1. The lowest BCUT2D eigenvalue weighted by molar-refractivity contribution is 0.0985. The summed E-state index contributed by atoms with van der Waals surface area (Å²) in [4.78, 5) is 22.9. The molecule has 3 aromatic rings. The summed E-state index contributed by atoms with van der Waals surface area (Å²) in [5.41, 5.74) is 1.11. The molecule has 1 fully saturated rings. The maximum atomic E-state index is 14.9. The number of anilines is 1. The standard InChI is InChI=1S/C24H28F2N4O3S/c1-3-10-34(32,33)29-19-5-4-18(25)22(23(19)26)21(31)12-15-11-17-13-20(28-24(17)27-14-15)16-6-8-30(2)9-7-16/h4-5,11,13-14,16,29H,3,6-10,12H2,1-2H3,(H,27,28). The maximum Gasteiger partial charge on any atom is 0.232 e. The van der Waals surface area contributed by atoms with Gasteiger partial charge in [-0.3, -0.25) is 9.52 Å². The molecule has 0 unspecified atom stereocenters. The molecule has 182 valence electrons. The number of fused-ring (bicyclic) bond motifs is 1. The number of rotatable bonds is 8. The molecule has 0 bridgehead atoms. The van der Waals surface area contributed by atoms with Gasteiger partial charge in [0.2, 0.25) is 10.0 Å². The van der Waals surface area contributed by atoms with Crippen molar-refractivity contribution in [2.24, 2.45) is 0 Å². The average Bonchev–Trinajstić information content (AvgIpc) is 3.19. The number of carbonyl (C=O) groups is 1. The van der Waals surface area contributed by atoms with Crippen LogP contribution in [0.1, 0.15) is 53.7 Å². The number of Topliss-reactive ketones (excluding diaryl/α,β-unsaturated/α-hetero) is 1. The Kier molecular flexibility index (Phi) is 6.99. The summed E-state index contributed by atoms with van der Waals surface area (Å²) in [6.45, 7) is 3.72. The van der Waals surface area contributed by atoms with Crippen molar-refractivity contribution in [3.05, 3.63) is 58.9 Å². The summed E-state index contributed by atoms with van der Waals surface area (Å²) < 4.78 is 55.4. The van der Waals surface area contributed by atoms with E-state index < -0.39 is 38.7 Å². The van der Waals surface area contributed by atoms with Crippen LogP contribution in [0.2, 0.25) is 0 Å². The molecule has 0 atom stereocenters. The SMILES string of the molecule is CCCS(=O)(=O)Nc1ccc(F)c(C(=O)Cc2cnc3[nH]c(C4CCN(C)CC4)cc3c2)c1F. The highest BCUT2D eigenvalue weighted by Crippen LogP contribution is 2.30. The van der Waals surface area contributed by atoms with Crippen LogP contribution in [0.5, 0.6) is 0 Å². The van der Waals surface area contributed by atoms with Gasteiger partial charge in [-0.2, -0.15) is 0 Å². The highest BCUT2D eigenvalue weighted by atomic mass is 32.2. The van der Waals surface area contributed by atoms with Gasteiger partial charge in [0, 0.05) is 29.6 Å². The first-order valence-corrected chi connectivity index (χ1v) is 13.0. The van der Waals surface area contributed by atoms with Crippen molar-refractivity contribution in [3.63, 3.8) is 0 Å². The minimum atomic E-state index is -3.80. The van der Waals surface area contributed by atoms with Crippen molar-refractivity contribution < 1.29 is 22.0 Å². The fourth-order valence-corrected chi connectivity index (χ4v) is 5.50. The van der Waals surface area contributed by atoms with E-state index in [0.29, 0.717) is 23.5 Å². The number of piperidine rings is 1. The highest BCUT2D eigenvalue weighted by Gasteiger charge is 2.24. The number of H-pyrrole nitrogens is 1. The molecular weight excluding hydrogens is 462 g/mol. The largest absolute Gasteiger partial charge is 0.343 e. The van der Waals surface area contributed by atoms with Crippen LogP contribution < -0.4 is 4.72 Å². The van der Waals surface area contributed by atoms with Gasteiger partial charge in [-0.05, 0) is 69.2 Å². The second-order valence-corrected chi connectivity index (χ2v) is 10.7. The molecule has 2 aromatic heterocycles. The fourth-order valence-electron chi connectivity index (χ4n) is 4.37. The number of aromatic nitrogens is 2. The summed E-state index contributed by atoms with van der Waals surface area (Å²) in [5.74, 6) is -2.85. The van der Waals surface area contributed by atoms with Crippen LogP contribution in [0.4, 0.5) is 14.5 Å². The van der Waals surface area contributed by atoms with Crippen molar-refractivity contribution in [2.45, 2.75) is 38.5 Å². The number of pyridine rings is 1. The molecule has 4 rings (SSSR count). The van der Waals surface area contributed by atoms with Crippen LogP contribution >= 0.6 is 0 Å². The summed E-state index contributed by atoms with van der Waals surface area (Å²) >= 11 is 0. The number of nitrogens with one attached hydrogen (secondary N) is 2. The molecule has 1 aromatic carbocycles. The Balaban J connectivity index is 1.55. The van der Waals surface area contributed by atoms with Gasteiger partial charge < -0.3 is 9.88 Å². The van der Waals surface area contributed by atoms with Crippen LogP contribution in [0.15, 0.2) is 30.5 Å². The normalized spacial score (nSPS) is 15.6. The zero-order valence-corrected chi connectivity index (χ0v) is 20.0. The van der Waals surface area contributed by atoms with Crippen LogP contribution in [-0.2, 0) is 16.4 Å². The lowest BCUT2D eigenvalue weighted by Gasteiger charge is -2.28. The molecule has 0 aliphatic carbocycles. The lowest BCUT2D eigenvalue weighted by Crippen LogP contribution is -2.29. The highest BCUT2D eigenvalue weighted by molar-refractivity contribution is 7.92. The third-order valence-electron chi connectivity index (χ3n) is 6.18. The molecule has 2 N–H and O–H groups in total. The Morgan fingerprint density at radius 1 is 1.24 bits per heavy atom. The van der Waals surface area contributed by atoms with E-state index in [1.54, 1.807) is 13.0 Å². The predicted octanol–water partition coefficient (Wildman–Crippen LogP) is 4.23. The molecule has 1 aliphatic heterocycles. The third-order valence-corrected chi connectivity index (χ3v) is 7.66. The van der Waals surface area contributed by atoms with Gasteiger partial charge in [0.1, 0.15) is 11.5 Å². The fraction of sp³-hybridized carbons (Fsp3) is 0.417. The van der Waals surface area contributed by atoms with Gasteiger partial charge in [-0.15, -0.1) is 0 Å². The van der Waals surface area contributed by atoms with Crippen LogP contribution in [0.25, 0.3) is 11.0 Å². The van der Waals surface area contributed by atoms with Crippen LogP contribution in [-0.4, -0.2) is 55.0 Å². The first-order valence-electron chi connectivity index (χ1n) is 11.3. The van der Waals surface area contributed by atoms with E-state index in [-0.39, 0.29) is 12.2 Å². The summed E-state index contributed by atoms with van der Waals surface area (Å²) in [6.07, 6.45) is 3.67. The second-order valence-electron chi connectivity index (χ2n) is 8.89. The van der Waals surface area contributed by atoms with Gasteiger partial charge in [-0.25, -0.2) is 22.2 Å². The average molecular weight is 491 g/mol. The first-order chi connectivity index (χ1) is 16.2. The number of sulfonamides is 1. The van der Waals surface area contributed by atoms with Gasteiger partial charge in [-0.1, -0.05) is 6.92 Å². The van der Waals surface area contributed by atoms with Gasteiger partial charge >= 0.3 is 0 Å². The summed E-state index contributed by atoms with van der Waals surface area (Å²) in [5, 5.41) is 0.834. The maximum absolute atomic E-state index is 14.9. The molecule has 34 heavy (non-hydrogen) atoms. The van der Waals surface area contributed by atoms with Crippen molar-refractivity contribution in [1.82, 2.24) is 14.9 Å². The van der Waals surface area contributed by atoms with Crippen LogP contribution in [0, 0.1) is 11.6 Å². The smallest absolute Gasteiger partial charge is 0.232 e. The minimum Gasteiger partial charge on any atom is -0.343 e. The van der Waals surface area contributed by atoms with Gasteiger partial charge in [0.25, 0.3) is 0 Å². The molecular formula is C24H28F2N4O3S. The number of likely N-dealkylation sites (tertiary alicyclic amines) is 1. The van der Waals surface area contributed by atoms with E-state index in [4.69, 9.17) is 0 Å². The quantitative estimate of drug-likeness (QED) is 0.461. The van der Waals surface area contributed by atoms with E-state index in [1.165, 1.54) is 6.20 Å². The summed E-state index contributed by atoms with van der Waals surface area (Å²) in [7, 11) is -1.69. The monoisotopic (exact) mass is 490 g/mol. The van der Waals surface area contributed by atoms with E-state index in [2.05, 4.69) is 26.6 Å². The molecule has 1 aliphatic rings. The predicted molar refractivity (Wildman–Crippen MR) is 128 cm³/mol. The van der Waals surface area contributed by atoms with Crippen molar-refractivity contribution >= 4 is 32.5 Å². The Labute approximate surface area is 197 Å². The number of halogens is 2. The number of aromatic amines is 1. The number of hydrogen-bond donors (Lipinski definition) is 2. The zero-order chi connectivity index (χ0) is 24.5. The minimum absolute atomic E-state index is 0.213. The van der Waals surface area contributed by atoms with Crippen molar-refractivity contribution in [1.29, 1.82) is 0 Å². The van der Waals surface area contributed by atoms with Gasteiger partial charge in [0.15, 0.2) is 11.6 Å². The molecule has 7 nitrogen and oxygen atoms in total. The van der Waals surface area contributed by atoms with Crippen molar-refractivity contribution in [3.8, 4) is 0 Å².